The Labute approximate surface area is 160 Å². The van der Waals surface area contributed by atoms with Gasteiger partial charge in [0, 0.05) is 50.2 Å². The summed E-state index contributed by atoms with van der Waals surface area (Å²) in [6, 6.07) is 11.6. The molecule has 6 nitrogen and oxygen atoms in total. The van der Waals surface area contributed by atoms with E-state index in [0.29, 0.717) is 11.1 Å². The summed E-state index contributed by atoms with van der Waals surface area (Å²) in [5.74, 6) is 1.00. The van der Waals surface area contributed by atoms with Crippen LogP contribution >= 0.6 is 0 Å². The van der Waals surface area contributed by atoms with Gasteiger partial charge < -0.3 is 14.7 Å². The van der Waals surface area contributed by atoms with Gasteiger partial charge in [-0.15, -0.1) is 0 Å². The zero-order chi connectivity index (χ0) is 19.4. The minimum Gasteiger partial charge on any atom is -0.367 e. The van der Waals surface area contributed by atoms with Crippen molar-refractivity contribution in [3.8, 4) is 6.07 Å². The molecule has 0 unspecified atom stereocenters. The molecular formula is C21H25N5O. The Balaban J connectivity index is 1.70. The number of aromatic nitrogens is 1. The number of nitriles is 1. The number of ketones is 1. The molecule has 2 heterocycles. The highest BCUT2D eigenvalue weighted by Crippen LogP contribution is 2.25. The average molecular weight is 363 g/mol. The Hall–Kier alpha value is -2.91. The third kappa shape index (κ3) is 4.44. The van der Waals surface area contributed by atoms with Crippen molar-refractivity contribution in [2.24, 2.45) is 0 Å². The molecule has 0 radical (unpaired) electrons. The highest BCUT2D eigenvalue weighted by Gasteiger charge is 2.21. The fourth-order valence-corrected chi connectivity index (χ4v) is 3.40. The molecule has 0 atom stereocenters. The molecule has 1 aliphatic rings. The summed E-state index contributed by atoms with van der Waals surface area (Å²) in [4.78, 5) is 23.2. The summed E-state index contributed by atoms with van der Waals surface area (Å²) in [6.07, 6.45) is 1.94. The highest BCUT2D eigenvalue weighted by molar-refractivity contribution is 6.00. The monoisotopic (exact) mass is 363 g/mol. The van der Waals surface area contributed by atoms with E-state index in [2.05, 4.69) is 37.9 Å². The van der Waals surface area contributed by atoms with Crippen LogP contribution < -0.4 is 9.80 Å². The molecule has 0 amide bonds. The zero-order valence-corrected chi connectivity index (χ0v) is 16.1. The van der Waals surface area contributed by atoms with Crippen LogP contribution in [0.3, 0.4) is 0 Å². The summed E-state index contributed by atoms with van der Waals surface area (Å²) in [7, 11) is 4.09. The number of rotatable bonds is 5. The first kappa shape index (κ1) is 18.9. The Morgan fingerprint density at radius 3 is 2.41 bits per heavy atom. The van der Waals surface area contributed by atoms with Gasteiger partial charge in [-0.3, -0.25) is 4.79 Å². The Kier molecular flexibility index (Phi) is 5.72. The second-order valence-electron chi connectivity index (χ2n) is 7.14. The largest absolute Gasteiger partial charge is 0.367 e. The third-order valence-electron chi connectivity index (χ3n) is 4.76. The molecule has 140 valence electrons. The number of Topliss-reactive ketones (excluding diaryl/α,β-unsaturated/α-hetero) is 1. The lowest BCUT2D eigenvalue weighted by molar-refractivity contribution is 0.101. The number of anilines is 2. The maximum absolute atomic E-state index is 12.0. The van der Waals surface area contributed by atoms with Crippen molar-refractivity contribution >= 4 is 17.3 Å². The van der Waals surface area contributed by atoms with Gasteiger partial charge in [-0.1, -0.05) is 6.07 Å². The SMILES string of the molecule is CC(=O)c1ccc(C#N)cc1N1CCN(c2ccc(CN(C)C)cn2)CC1. The molecule has 27 heavy (non-hydrogen) atoms. The second-order valence-corrected chi connectivity index (χ2v) is 7.14. The number of pyridine rings is 1. The van der Waals surface area contributed by atoms with Gasteiger partial charge in [0.1, 0.15) is 5.82 Å². The maximum atomic E-state index is 12.0. The number of hydrogen-bond acceptors (Lipinski definition) is 6. The first-order chi connectivity index (χ1) is 13.0. The predicted molar refractivity (Wildman–Crippen MR) is 107 cm³/mol. The van der Waals surface area contributed by atoms with Gasteiger partial charge in [0.25, 0.3) is 0 Å². The van der Waals surface area contributed by atoms with Gasteiger partial charge in [0.05, 0.1) is 11.6 Å². The van der Waals surface area contributed by atoms with Gasteiger partial charge in [-0.25, -0.2) is 4.98 Å². The minimum absolute atomic E-state index is 0.0232. The fraction of sp³-hybridized carbons (Fsp3) is 0.381. The molecule has 1 aliphatic heterocycles. The lowest BCUT2D eigenvalue weighted by Gasteiger charge is -2.37. The number of hydrogen-bond donors (Lipinski definition) is 0. The van der Waals surface area contributed by atoms with Crippen LogP contribution in [0.1, 0.15) is 28.4 Å². The Morgan fingerprint density at radius 2 is 1.85 bits per heavy atom. The lowest BCUT2D eigenvalue weighted by atomic mass is 10.0. The van der Waals surface area contributed by atoms with Crippen LogP contribution in [-0.4, -0.2) is 55.9 Å². The van der Waals surface area contributed by atoms with E-state index < -0.39 is 0 Å². The minimum atomic E-state index is 0.0232. The standard InChI is InChI=1S/C21H25N5O/c1-16(27)19-6-4-17(13-22)12-20(19)25-8-10-26(11-9-25)21-7-5-18(14-23-21)15-24(2)3/h4-7,12,14H,8-11,15H2,1-3H3. The second kappa shape index (κ2) is 8.19. The van der Waals surface area contributed by atoms with E-state index in [4.69, 9.17) is 0 Å². The summed E-state index contributed by atoms with van der Waals surface area (Å²) >= 11 is 0. The molecule has 6 heteroatoms. The van der Waals surface area contributed by atoms with Crippen molar-refractivity contribution in [3.63, 3.8) is 0 Å². The van der Waals surface area contributed by atoms with Crippen molar-refractivity contribution in [1.82, 2.24) is 9.88 Å². The van der Waals surface area contributed by atoms with E-state index in [1.54, 1.807) is 19.1 Å². The van der Waals surface area contributed by atoms with Crippen molar-refractivity contribution in [2.75, 3.05) is 50.1 Å². The van der Waals surface area contributed by atoms with Gasteiger partial charge in [0.2, 0.25) is 0 Å². The summed E-state index contributed by atoms with van der Waals surface area (Å²) < 4.78 is 0. The van der Waals surface area contributed by atoms with E-state index in [9.17, 15) is 10.1 Å². The zero-order valence-electron chi connectivity index (χ0n) is 16.1. The first-order valence-corrected chi connectivity index (χ1v) is 9.12. The smallest absolute Gasteiger partial charge is 0.161 e. The van der Waals surface area contributed by atoms with Crippen molar-refractivity contribution in [1.29, 1.82) is 5.26 Å². The molecule has 1 aromatic carbocycles. The van der Waals surface area contributed by atoms with E-state index in [1.807, 2.05) is 26.4 Å². The molecule has 2 aromatic rings. The quantitative estimate of drug-likeness (QED) is 0.761. The molecule has 1 saturated heterocycles. The maximum Gasteiger partial charge on any atom is 0.161 e. The molecular weight excluding hydrogens is 338 g/mol. The van der Waals surface area contributed by atoms with Gasteiger partial charge in [-0.05, 0) is 50.8 Å². The number of nitrogens with zero attached hydrogens (tertiary/aromatic N) is 5. The lowest BCUT2D eigenvalue weighted by Crippen LogP contribution is -2.47. The van der Waals surface area contributed by atoms with Crippen LogP contribution in [-0.2, 0) is 6.54 Å². The van der Waals surface area contributed by atoms with Crippen LogP contribution in [0.5, 0.6) is 0 Å². The van der Waals surface area contributed by atoms with Crippen LogP contribution in [0.15, 0.2) is 36.5 Å². The Morgan fingerprint density at radius 1 is 1.15 bits per heavy atom. The predicted octanol–water partition coefficient (Wildman–Crippen LogP) is 2.54. The molecule has 3 rings (SSSR count). The molecule has 0 bridgehead atoms. The summed E-state index contributed by atoms with van der Waals surface area (Å²) in [5, 5.41) is 9.18. The molecule has 0 saturated carbocycles. The number of piperazine rings is 1. The Bertz CT molecular complexity index is 846. The first-order valence-electron chi connectivity index (χ1n) is 9.12. The molecule has 1 aromatic heterocycles. The van der Waals surface area contributed by atoms with Crippen LogP contribution in [0.25, 0.3) is 0 Å². The van der Waals surface area contributed by atoms with E-state index in [1.165, 1.54) is 5.56 Å². The topological polar surface area (TPSA) is 63.5 Å². The van der Waals surface area contributed by atoms with E-state index >= 15 is 0 Å². The van der Waals surface area contributed by atoms with E-state index in [-0.39, 0.29) is 5.78 Å². The van der Waals surface area contributed by atoms with Gasteiger partial charge in [-0.2, -0.15) is 5.26 Å². The number of carbonyl (C=O) groups excluding carboxylic acids is 1. The van der Waals surface area contributed by atoms with Crippen LogP contribution in [0.2, 0.25) is 0 Å². The van der Waals surface area contributed by atoms with Gasteiger partial charge >= 0.3 is 0 Å². The van der Waals surface area contributed by atoms with E-state index in [0.717, 1.165) is 44.2 Å². The molecule has 0 N–H and O–H groups in total. The molecule has 0 aliphatic carbocycles. The highest BCUT2D eigenvalue weighted by atomic mass is 16.1. The third-order valence-corrected chi connectivity index (χ3v) is 4.76. The number of benzene rings is 1. The fourth-order valence-electron chi connectivity index (χ4n) is 3.40. The summed E-state index contributed by atoms with van der Waals surface area (Å²) in [5.41, 5.74) is 3.31. The van der Waals surface area contributed by atoms with Crippen LogP contribution in [0, 0.1) is 11.3 Å². The normalized spacial score (nSPS) is 14.3. The molecule has 1 fully saturated rings. The molecule has 0 spiro atoms. The van der Waals surface area contributed by atoms with Gasteiger partial charge in [0.15, 0.2) is 5.78 Å². The van der Waals surface area contributed by atoms with Crippen molar-refractivity contribution in [2.45, 2.75) is 13.5 Å². The number of carbonyl (C=O) groups is 1. The van der Waals surface area contributed by atoms with Crippen molar-refractivity contribution < 1.29 is 4.79 Å². The average Bonchev–Trinajstić information content (AvgIpc) is 2.67. The van der Waals surface area contributed by atoms with Crippen LogP contribution in [0.4, 0.5) is 11.5 Å². The summed E-state index contributed by atoms with van der Waals surface area (Å²) in [6.45, 7) is 5.68. The van der Waals surface area contributed by atoms with Crippen molar-refractivity contribution in [3.05, 3.63) is 53.2 Å².